The quantitative estimate of drug-likeness (QED) is 0.691. The molecule has 2 aromatic rings. The molecule has 1 fully saturated rings. The maximum Gasteiger partial charge on any atom is 0.246 e. The Bertz CT molecular complexity index is 1060. The maximum absolute atomic E-state index is 12.8. The highest BCUT2D eigenvalue weighted by atomic mass is 35.5. The lowest BCUT2D eigenvalue weighted by Crippen LogP contribution is -2.50. The van der Waals surface area contributed by atoms with Gasteiger partial charge in [-0.15, -0.1) is 0 Å². The van der Waals surface area contributed by atoms with Crippen LogP contribution in [0, 0.1) is 0 Å². The van der Waals surface area contributed by atoms with Gasteiger partial charge in [0.15, 0.2) is 11.5 Å². The Morgan fingerprint density at radius 2 is 1.72 bits per heavy atom. The van der Waals surface area contributed by atoms with Crippen molar-refractivity contribution in [1.29, 1.82) is 0 Å². The van der Waals surface area contributed by atoms with Crippen LogP contribution in [0.15, 0.2) is 53.4 Å². The zero-order chi connectivity index (χ0) is 20.4. The van der Waals surface area contributed by atoms with Crippen molar-refractivity contribution in [1.82, 2.24) is 9.21 Å². The molecule has 2 aliphatic rings. The number of sulfonamides is 1. The summed E-state index contributed by atoms with van der Waals surface area (Å²) in [6, 6.07) is 11.8. The van der Waals surface area contributed by atoms with Crippen LogP contribution >= 0.6 is 11.6 Å². The van der Waals surface area contributed by atoms with E-state index in [2.05, 4.69) is 0 Å². The Hall–Kier alpha value is -2.55. The van der Waals surface area contributed by atoms with Crippen molar-refractivity contribution in [3.05, 3.63) is 59.1 Å². The number of piperazine rings is 1. The van der Waals surface area contributed by atoms with E-state index in [-0.39, 0.29) is 35.7 Å². The molecule has 0 radical (unpaired) electrons. The topological polar surface area (TPSA) is 76.2 Å². The summed E-state index contributed by atoms with van der Waals surface area (Å²) in [6.07, 6.45) is 3.19. The number of rotatable bonds is 4. The van der Waals surface area contributed by atoms with Crippen molar-refractivity contribution < 1.29 is 22.7 Å². The first-order valence-corrected chi connectivity index (χ1v) is 10.9. The number of hydrogen-bond acceptors (Lipinski definition) is 5. The third-order valence-corrected chi connectivity index (χ3v) is 7.22. The lowest BCUT2D eigenvalue weighted by molar-refractivity contribution is -0.127. The lowest BCUT2D eigenvalue weighted by atomic mass is 10.2. The number of hydrogen-bond donors (Lipinski definition) is 0. The van der Waals surface area contributed by atoms with Gasteiger partial charge >= 0.3 is 0 Å². The highest BCUT2D eigenvalue weighted by molar-refractivity contribution is 7.89. The minimum absolute atomic E-state index is 0.0872. The van der Waals surface area contributed by atoms with E-state index in [0.717, 1.165) is 5.56 Å². The van der Waals surface area contributed by atoms with Gasteiger partial charge in [-0.3, -0.25) is 4.79 Å². The van der Waals surface area contributed by atoms with Crippen LogP contribution in [-0.4, -0.2) is 56.5 Å². The summed E-state index contributed by atoms with van der Waals surface area (Å²) < 4.78 is 37.5. The van der Waals surface area contributed by atoms with Gasteiger partial charge in [0.2, 0.25) is 22.7 Å². The van der Waals surface area contributed by atoms with Crippen LogP contribution in [0.25, 0.3) is 6.08 Å². The maximum atomic E-state index is 12.8. The number of amides is 1. The van der Waals surface area contributed by atoms with Crippen LogP contribution < -0.4 is 9.47 Å². The van der Waals surface area contributed by atoms with E-state index in [1.807, 2.05) is 6.07 Å². The molecule has 0 aromatic heterocycles. The first-order chi connectivity index (χ1) is 13.9. The fourth-order valence-corrected chi connectivity index (χ4v) is 5.15. The van der Waals surface area contributed by atoms with Gasteiger partial charge in [-0.05, 0) is 35.9 Å². The van der Waals surface area contributed by atoms with Gasteiger partial charge in [0, 0.05) is 32.3 Å². The molecular weight excluding hydrogens is 416 g/mol. The number of fused-ring (bicyclic) bond motifs is 1. The molecule has 2 aliphatic heterocycles. The smallest absolute Gasteiger partial charge is 0.246 e. The van der Waals surface area contributed by atoms with Gasteiger partial charge in [0.1, 0.15) is 4.90 Å². The third-order valence-electron chi connectivity index (χ3n) is 4.82. The standard InChI is InChI=1S/C20H19ClN2O5S/c21-16-3-1-2-4-19(16)29(25,26)23-11-9-22(10-12-23)20(24)8-6-15-5-7-17-18(13-15)28-14-27-17/h1-8,13H,9-12,14H2/b8-6+. The van der Waals surface area contributed by atoms with Crippen LogP contribution in [0.5, 0.6) is 11.5 Å². The molecule has 2 heterocycles. The van der Waals surface area contributed by atoms with E-state index in [1.54, 1.807) is 41.3 Å². The van der Waals surface area contributed by atoms with E-state index in [4.69, 9.17) is 21.1 Å². The SMILES string of the molecule is O=C(/C=C/c1ccc2c(c1)OCO2)N1CCN(S(=O)(=O)c2ccccc2Cl)CC1. The lowest BCUT2D eigenvalue weighted by Gasteiger charge is -2.33. The number of carbonyl (C=O) groups excluding carboxylic acids is 1. The average molecular weight is 435 g/mol. The molecule has 0 saturated carbocycles. The summed E-state index contributed by atoms with van der Waals surface area (Å²) in [5, 5.41) is 0.192. The summed E-state index contributed by atoms with van der Waals surface area (Å²) in [5.74, 6) is 1.17. The summed E-state index contributed by atoms with van der Waals surface area (Å²) >= 11 is 6.05. The van der Waals surface area contributed by atoms with Gasteiger partial charge in [0.25, 0.3) is 0 Å². The van der Waals surface area contributed by atoms with Crippen molar-refractivity contribution in [3.8, 4) is 11.5 Å². The Balaban J connectivity index is 1.38. The molecule has 29 heavy (non-hydrogen) atoms. The molecule has 7 nitrogen and oxygen atoms in total. The average Bonchev–Trinajstić information content (AvgIpc) is 3.20. The predicted octanol–water partition coefficient (Wildman–Crippen LogP) is 2.62. The molecule has 0 bridgehead atoms. The molecule has 4 rings (SSSR count). The molecule has 1 amide bonds. The molecule has 1 saturated heterocycles. The molecule has 0 spiro atoms. The van der Waals surface area contributed by atoms with Crippen LogP contribution in [-0.2, 0) is 14.8 Å². The van der Waals surface area contributed by atoms with E-state index in [9.17, 15) is 13.2 Å². The third kappa shape index (κ3) is 4.10. The van der Waals surface area contributed by atoms with Gasteiger partial charge in [0.05, 0.1) is 5.02 Å². The second-order valence-corrected chi connectivity index (χ2v) is 8.92. The summed E-state index contributed by atoms with van der Waals surface area (Å²) in [6.45, 7) is 1.26. The molecule has 9 heteroatoms. The monoisotopic (exact) mass is 434 g/mol. The van der Waals surface area contributed by atoms with E-state index in [1.165, 1.54) is 16.4 Å². The fraction of sp³-hybridized carbons (Fsp3) is 0.250. The Kier molecular flexibility index (Phi) is 5.49. The number of benzene rings is 2. The van der Waals surface area contributed by atoms with Crippen molar-refractivity contribution in [2.75, 3.05) is 33.0 Å². The number of carbonyl (C=O) groups is 1. The van der Waals surface area contributed by atoms with Gasteiger partial charge in [-0.2, -0.15) is 4.31 Å². The second-order valence-electron chi connectivity index (χ2n) is 6.61. The Labute approximate surface area is 174 Å². The summed E-state index contributed by atoms with van der Waals surface area (Å²) in [5.41, 5.74) is 0.822. The number of ether oxygens (including phenoxy) is 2. The molecule has 0 aliphatic carbocycles. The summed E-state index contributed by atoms with van der Waals surface area (Å²) in [7, 11) is -3.68. The first-order valence-electron chi connectivity index (χ1n) is 9.06. The van der Waals surface area contributed by atoms with E-state index < -0.39 is 10.0 Å². The Morgan fingerprint density at radius 3 is 2.48 bits per heavy atom. The minimum atomic E-state index is -3.68. The predicted molar refractivity (Wildman–Crippen MR) is 108 cm³/mol. The van der Waals surface area contributed by atoms with Crippen LogP contribution in [0.1, 0.15) is 5.56 Å². The highest BCUT2D eigenvalue weighted by Gasteiger charge is 2.30. The molecule has 0 atom stereocenters. The largest absolute Gasteiger partial charge is 0.454 e. The summed E-state index contributed by atoms with van der Waals surface area (Å²) in [4.78, 5) is 14.2. The molecule has 2 aromatic carbocycles. The van der Waals surface area contributed by atoms with Crippen LogP contribution in [0.2, 0.25) is 5.02 Å². The highest BCUT2D eigenvalue weighted by Crippen LogP contribution is 2.32. The van der Waals surface area contributed by atoms with Crippen LogP contribution in [0.3, 0.4) is 0 Å². The zero-order valence-corrected chi connectivity index (χ0v) is 17.0. The molecule has 0 N–H and O–H groups in total. The Morgan fingerprint density at radius 1 is 1.00 bits per heavy atom. The number of nitrogens with zero attached hydrogens (tertiary/aromatic N) is 2. The van der Waals surface area contributed by atoms with Crippen molar-refractivity contribution in [2.45, 2.75) is 4.90 Å². The van der Waals surface area contributed by atoms with Gasteiger partial charge in [-0.1, -0.05) is 29.8 Å². The van der Waals surface area contributed by atoms with Gasteiger partial charge < -0.3 is 14.4 Å². The minimum Gasteiger partial charge on any atom is -0.454 e. The van der Waals surface area contributed by atoms with Crippen LogP contribution in [0.4, 0.5) is 0 Å². The normalized spacial score (nSPS) is 17.1. The molecular formula is C20H19ClN2O5S. The van der Waals surface area contributed by atoms with E-state index in [0.29, 0.717) is 24.6 Å². The van der Waals surface area contributed by atoms with Gasteiger partial charge in [-0.25, -0.2) is 8.42 Å². The second kappa shape index (κ2) is 8.06. The first kappa shape index (κ1) is 19.8. The van der Waals surface area contributed by atoms with Crippen molar-refractivity contribution in [3.63, 3.8) is 0 Å². The van der Waals surface area contributed by atoms with E-state index >= 15 is 0 Å². The molecule has 0 unspecified atom stereocenters. The number of halogens is 1. The molecule has 152 valence electrons. The zero-order valence-electron chi connectivity index (χ0n) is 15.5. The van der Waals surface area contributed by atoms with Crippen molar-refractivity contribution >= 4 is 33.6 Å². The fourth-order valence-electron chi connectivity index (χ4n) is 3.23. The van der Waals surface area contributed by atoms with Crippen molar-refractivity contribution in [2.24, 2.45) is 0 Å².